The molecular weight excluding hydrogens is 442 g/mol. The molecule has 0 aliphatic carbocycles. The predicted octanol–water partition coefficient (Wildman–Crippen LogP) is 3.52. The van der Waals surface area contributed by atoms with Gasteiger partial charge in [0.05, 0.1) is 11.4 Å². The lowest BCUT2D eigenvalue weighted by Crippen LogP contribution is -2.47. The van der Waals surface area contributed by atoms with Crippen LogP contribution in [0.3, 0.4) is 0 Å². The maximum atomic E-state index is 13.5. The number of benzene rings is 1. The summed E-state index contributed by atoms with van der Waals surface area (Å²) < 4.78 is 2.98. The molecule has 0 atom stereocenters. The smallest absolute Gasteiger partial charge is 0.335 e. The highest BCUT2D eigenvalue weighted by Gasteiger charge is 2.29. The fourth-order valence-electron chi connectivity index (χ4n) is 4.65. The van der Waals surface area contributed by atoms with Crippen LogP contribution in [-0.2, 0) is 11.3 Å². The van der Waals surface area contributed by atoms with Gasteiger partial charge in [-0.3, -0.25) is 18.7 Å². The number of aromatic nitrogens is 3. The molecule has 0 spiro atoms. The Morgan fingerprint density at radius 3 is 2.34 bits per heavy atom. The molecule has 1 amide bonds. The second kappa shape index (κ2) is 10.3. The van der Waals surface area contributed by atoms with Gasteiger partial charge in [-0.1, -0.05) is 38.1 Å². The molecule has 1 N–H and O–H groups in total. The highest BCUT2D eigenvalue weighted by Crippen LogP contribution is 2.25. The molecule has 184 valence electrons. The molecule has 1 aliphatic heterocycles. The highest BCUT2D eigenvalue weighted by atomic mass is 16.2. The summed E-state index contributed by atoms with van der Waals surface area (Å²) in [5, 5.41) is 2.91. The van der Waals surface area contributed by atoms with Crippen LogP contribution in [0.1, 0.15) is 37.9 Å². The van der Waals surface area contributed by atoms with Crippen LogP contribution in [0.5, 0.6) is 0 Å². The first kappa shape index (κ1) is 24.4. The maximum Gasteiger partial charge on any atom is 0.335 e. The van der Waals surface area contributed by atoms with E-state index in [0.29, 0.717) is 49.7 Å². The summed E-state index contributed by atoms with van der Waals surface area (Å²) in [6, 6.07) is 13.1. The predicted molar refractivity (Wildman–Crippen MR) is 138 cm³/mol. The molecule has 1 saturated heterocycles. The largest absolute Gasteiger partial charge is 0.366 e. The van der Waals surface area contributed by atoms with E-state index in [1.165, 1.54) is 4.57 Å². The summed E-state index contributed by atoms with van der Waals surface area (Å²) in [7, 11) is 0. The Labute approximate surface area is 205 Å². The van der Waals surface area contributed by atoms with E-state index >= 15 is 0 Å². The van der Waals surface area contributed by atoms with Crippen molar-refractivity contribution in [2.24, 2.45) is 11.8 Å². The molecule has 0 saturated carbocycles. The van der Waals surface area contributed by atoms with E-state index in [-0.39, 0.29) is 29.0 Å². The molecule has 1 fully saturated rings. The highest BCUT2D eigenvalue weighted by molar-refractivity contribution is 5.91. The van der Waals surface area contributed by atoms with Gasteiger partial charge in [-0.15, -0.1) is 0 Å². The Morgan fingerprint density at radius 2 is 1.74 bits per heavy atom. The first-order valence-electron chi connectivity index (χ1n) is 12.2. The molecule has 1 aliphatic rings. The van der Waals surface area contributed by atoms with E-state index in [1.54, 1.807) is 16.8 Å². The van der Waals surface area contributed by atoms with E-state index in [4.69, 9.17) is 0 Å². The molecule has 35 heavy (non-hydrogen) atoms. The van der Waals surface area contributed by atoms with E-state index < -0.39 is 0 Å². The summed E-state index contributed by atoms with van der Waals surface area (Å²) in [6.45, 7) is 9.23. The van der Waals surface area contributed by atoms with Gasteiger partial charge >= 0.3 is 5.69 Å². The fourth-order valence-corrected chi connectivity index (χ4v) is 4.65. The lowest BCUT2D eigenvalue weighted by molar-refractivity contribution is -0.120. The quantitative estimate of drug-likeness (QED) is 0.589. The monoisotopic (exact) mass is 475 g/mol. The first-order chi connectivity index (χ1) is 16.8. The molecule has 0 radical (unpaired) electrons. The number of anilines is 2. The number of hydrogen-bond acceptors (Lipinski definition) is 5. The Balaban J connectivity index is 1.61. The summed E-state index contributed by atoms with van der Waals surface area (Å²) >= 11 is 0. The van der Waals surface area contributed by atoms with Gasteiger partial charge < -0.3 is 10.2 Å². The van der Waals surface area contributed by atoms with Gasteiger partial charge in [0.15, 0.2) is 0 Å². The Morgan fingerprint density at radius 1 is 1.06 bits per heavy atom. The van der Waals surface area contributed by atoms with Gasteiger partial charge in [0.2, 0.25) is 5.91 Å². The lowest BCUT2D eigenvalue weighted by atomic mass is 9.95. The van der Waals surface area contributed by atoms with Crippen molar-refractivity contribution in [3.05, 3.63) is 80.8 Å². The Hall–Kier alpha value is -3.68. The molecule has 1 aromatic carbocycles. The fraction of sp³-hybridized carbons (Fsp3) is 0.407. The average Bonchev–Trinajstić information content (AvgIpc) is 2.84. The number of aryl methyl sites for hydroxylation is 1. The number of rotatable bonds is 6. The normalized spacial score (nSPS) is 14.4. The van der Waals surface area contributed by atoms with Crippen LogP contribution in [-0.4, -0.2) is 33.1 Å². The second-order valence-corrected chi connectivity index (χ2v) is 9.67. The third-order valence-corrected chi connectivity index (χ3v) is 6.45. The number of carbonyl (C=O) groups is 1. The minimum Gasteiger partial charge on any atom is -0.366 e. The zero-order valence-corrected chi connectivity index (χ0v) is 20.8. The summed E-state index contributed by atoms with van der Waals surface area (Å²) in [4.78, 5) is 46.0. The van der Waals surface area contributed by atoms with Crippen molar-refractivity contribution in [1.29, 1.82) is 0 Å². The first-order valence-corrected chi connectivity index (χ1v) is 12.2. The zero-order valence-electron chi connectivity index (χ0n) is 20.8. The van der Waals surface area contributed by atoms with Crippen LogP contribution in [0.25, 0.3) is 5.69 Å². The van der Waals surface area contributed by atoms with Gasteiger partial charge in [0.25, 0.3) is 5.56 Å². The van der Waals surface area contributed by atoms with Crippen LogP contribution in [0.2, 0.25) is 0 Å². The van der Waals surface area contributed by atoms with Crippen molar-refractivity contribution in [1.82, 2.24) is 14.1 Å². The molecule has 3 aromatic rings. The summed E-state index contributed by atoms with van der Waals surface area (Å²) in [6.07, 6.45) is 2.96. The third kappa shape index (κ3) is 5.21. The van der Waals surface area contributed by atoms with Crippen molar-refractivity contribution in [3.8, 4) is 5.69 Å². The maximum absolute atomic E-state index is 13.5. The number of carbonyl (C=O) groups excluding carboxylic acids is 1. The number of amides is 1. The van der Waals surface area contributed by atoms with Crippen LogP contribution in [0.15, 0.2) is 58.3 Å². The third-order valence-electron chi connectivity index (χ3n) is 6.45. The van der Waals surface area contributed by atoms with Crippen LogP contribution in [0, 0.1) is 25.7 Å². The molecule has 4 rings (SSSR count). The van der Waals surface area contributed by atoms with Crippen molar-refractivity contribution >= 4 is 17.4 Å². The number of hydrogen-bond donors (Lipinski definition) is 1. The molecule has 0 unspecified atom stereocenters. The summed E-state index contributed by atoms with van der Waals surface area (Å²) in [5.41, 5.74) is 2.34. The van der Waals surface area contributed by atoms with E-state index in [0.717, 1.165) is 11.3 Å². The lowest BCUT2D eigenvalue weighted by Gasteiger charge is -2.34. The van der Waals surface area contributed by atoms with E-state index in [1.807, 2.05) is 69.0 Å². The van der Waals surface area contributed by atoms with Crippen molar-refractivity contribution in [3.63, 3.8) is 0 Å². The Bertz CT molecular complexity index is 1300. The molecule has 0 bridgehead atoms. The van der Waals surface area contributed by atoms with Crippen molar-refractivity contribution in [2.45, 2.75) is 47.1 Å². The van der Waals surface area contributed by atoms with E-state index in [9.17, 15) is 14.4 Å². The van der Waals surface area contributed by atoms with Gasteiger partial charge in [-0.2, -0.15) is 0 Å². The molecule has 3 heterocycles. The number of nitrogens with one attached hydrogen (secondary N) is 1. The number of nitrogens with zero attached hydrogens (tertiary/aromatic N) is 4. The molecule has 8 heteroatoms. The van der Waals surface area contributed by atoms with Crippen molar-refractivity contribution < 1.29 is 4.79 Å². The standard InChI is InChI=1S/C27H33N5O3/c1-18(2)17-31-26(34)24(20(4)32(27(31)35)22-8-6-5-7-9-22)30-14-12-21(13-15-30)25(33)29-23-11-10-19(3)16-28-23/h5-11,16,18,21H,12-15,17H2,1-4H3,(H,28,29,33). The van der Waals surface area contributed by atoms with Gasteiger partial charge in [0, 0.05) is 31.7 Å². The Kier molecular flexibility index (Phi) is 7.19. The van der Waals surface area contributed by atoms with Crippen LogP contribution >= 0.6 is 0 Å². The van der Waals surface area contributed by atoms with Crippen LogP contribution < -0.4 is 21.5 Å². The SMILES string of the molecule is Cc1ccc(NC(=O)C2CCN(c3c(C)n(-c4ccccc4)c(=O)n(CC(C)C)c3=O)CC2)nc1. The topological polar surface area (TPSA) is 89.2 Å². The van der Waals surface area contributed by atoms with Gasteiger partial charge in [0.1, 0.15) is 11.5 Å². The van der Waals surface area contributed by atoms with Gasteiger partial charge in [-0.05, 0) is 56.4 Å². The number of para-hydroxylation sites is 1. The minimum atomic E-state index is -0.323. The number of pyridine rings is 1. The second-order valence-electron chi connectivity index (χ2n) is 9.67. The van der Waals surface area contributed by atoms with Gasteiger partial charge in [-0.25, -0.2) is 9.78 Å². The number of piperidine rings is 1. The molecule has 2 aromatic heterocycles. The van der Waals surface area contributed by atoms with Crippen LogP contribution in [0.4, 0.5) is 11.5 Å². The van der Waals surface area contributed by atoms with Crippen molar-refractivity contribution in [2.75, 3.05) is 23.3 Å². The average molecular weight is 476 g/mol. The molecule has 8 nitrogen and oxygen atoms in total. The summed E-state index contributed by atoms with van der Waals surface area (Å²) in [5.74, 6) is 0.479. The zero-order chi connectivity index (χ0) is 25.1. The molecular formula is C27H33N5O3. The minimum absolute atomic E-state index is 0.0517. The van der Waals surface area contributed by atoms with E-state index in [2.05, 4.69) is 10.3 Å².